The molecule has 0 bridgehead atoms. The highest BCUT2D eigenvalue weighted by Gasteiger charge is 2.14. The number of rotatable bonds is 3. The lowest BCUT2D eigenvalue weighted by Crippen LogP contribution is -2.04. The molecule has 2 aromatic heterocycles. The highest BCUT2D eigenvalue weighted by atomic mass is 16.5. The fraction of sp³-hybridized carbons (Fsp3) is 0.125. The number of hydrogen-bond donors (Lipinski definition) is 1. The summed E-state index contributed by atoms with van der Waals surface area (Å²) in [5, 5.41) is 1.02. The van der Waals surface area contributed by atoms with E-state index in [0.29, 0.717) is 11.3 Å². The predicted molar refractivity (Wildman–Crippen MR) is 79.4 cm³/mol. The van der Waals surface area contributed by atoms with E-state index in [2.05, 4.69) is 9.97 Å². The van der Waals surface area contributed by atoms with Crippen LogP contribution >= 0.6 is 0 Å². The summed E-state index contributed by atoms with van der Waals surface area (Å²) in [6.07, 6.45) is 3.59. The van der Waals surface area contributed by atoms with Gasteiger partial charge in [0.2, 0.25) is 0 Å². The van der Waals surface area contributed by atoms with Gasteiger partial charge < -0.3 is 14.5 Å². The monoisotopic (exact) mass is 282 g/mol. The number of aromatic amines is 1. The van der Waals surface area contributed by atoms with Crippen molar-refractivity contribution in [2.75, 3.05) is 14.2 Å². The van der Waals surface area contributed by atoms with E-state index in [-0.39, 0.29) is 0 Å². The number of methoxy groups -OCH3 is 2. The van der Waals surface area contributed by atoms with Gasteiger partial charge in [0.1, 0.15) is 17.0 Å². The molecule has 0 radical (unpaired) electrons. The van der Waals surface area contributed by atoms with Crippen LogP contribution in [0.2, 0.25) is 0 Å². The molecule has 0 amide bonds. The second-order valence-corrected chi connectivity index (χ2v) is 4.51. The summed E-state index contributed by atoms with van der Waals surface area (Å²) in [4.78, 5) is 19.0. The zero-order valence-electron chi connectivity index (χ0n) is 11.7. The zero-order chi connectivity index (χ0) is 14.8. The molecule has 0 saturated carbocycles. The molecule has 21 heavy (non-hydrogen) atoms. The molecule has 106 valence electrons. The van der Waals surface area contributed by atoms with Gasteiger partial charge in [0.15, 0.2) is 0 Å². The molecule has 3 rings (SSSR count). The van der Waals surface area contributed by atoms with Crippen LogP contribution in [0.3, 0.4) is 0 Å². The Hall–Kier alpha value is -2.82. The van der Waals surface area contributed by atoms with Crippen LogP contribution in [-0.4, -0.2) is 30.2 Å². The van der Waals surface area contributed by atoms with Crippen LogP contribution in [0.15, 0.2) is 42.7 Å². The minimum absolute atomic E-state index is 0.406. The number of fused-ring (bicyclic) bond motifs is 1. The molecule has 5 heteroatoms. The van der Waals surface area contributed by atoms with Crippen molar-refractivity contribution in [2.24, 2.45) is 0 Å². The molecule has 0 atom stereocenters. The number of nitrogens with one attached hydrogen (secondary N) is 1. The van der Waals surface area contributed by atoms with Gasteiger partial charge in [-0.05, 0) is 35.4 Å². The maximum absolute atomic E-state index is 11.7. The van der Waals surface area contributed by atoms with E-state index in [9.17, 15) is 4.79 Å². The molecular weight excluding hydrogens is 268 g/mol. The molecule has 3 aromatic rings. The lowest BCUT2D eigenvalue weighted by molar-refractivity contribution is 0.0597. The number of ether oxygens (including phenoxy) is 2. The molecule has 0 saturated heterocycles. The number of aromatic nitrogens is 2. The van der Waals surface area contributed by atoms with E-state index in [1.807, 2.05) is 30.5 Å². The van der Waals surface area contributed by atoms with Crippen LogP contribution in [0.1, 0.15) is 10.4 Å². The molecule has 0 spiro atoms. The summed E-state index contributed by atoms with van der Waals surface area (Å²) in [6, 6.07) is 9.31. The molecule has 0 aliphatic rings. The average Bonchev–Trinajstić information content (AvgIpc) is 3.02. The Morgan fingerprint density at radius 1 is 1.19 bits per heavy atom. The first-order valence-corrected chi connectivity index (χ1v) is 6.43. The van der Waals surface area contributed by atoms with Gasteiger partial charge in [0, 0.05) is 17.8 Å². The van der Waals surface area contributed by atoms with Gasteiger partial charge >= 0.3 is 5.97 Å². The normalized spacial score (nSPS) is 10.6. The van der Waals surface area contributed by atoms with Crippen molar-refractivity contribution in [3.8, 4) is 16.9 Å². The number of pyridine rings is 1. The Labute approximate surface area is 121 Å². The third kappa shape index (κ3) is 2.23. The number of benzene rings is 1. The summed E-state index contributed by atoms with van der Waals surface area (Å²) >= 11 is 0. The van der Waals surface area contributed by atoms with Gasteiger partial charge in [0.05, 0.1) is 14.2 Å². The van der Waals surface area contributed by atoms with Crippen molar-refractivity contribution in [2.45, 2.75) is 0 Å². The Bertz CT molecular complexity index is 808. The van der Waals surface area contributed by atoms with Gasteiger partial charge in [-0.15, -0.1) is 0 Å². The van der Waals surface area contributed by atoms with E-state index in [1.54, 1.807) is 12.3 Å². The maximum atomic E-state index is 11.7. The van der Waals surface area contributed by atoms with Crippen LogP contribution in [0, 0.1) is 0 Å². The van der Waals surface area contributed by atoms with Crippen LogP contribution in [-0.2, 0) is 4.74 Å². The van der Waals surface area contributed by atoms with E-state index >= 15 is 0 Å². The van der Waals surface area contributed by atoms with Gasteiger partial charge in [-0.3, -0.25) is 0 Å². The highest BCUT2D eigenvalue weighted by molar-refractivity contribution is 5.96. The van der Waals surface area contributed by atoms with Crippen LogP contribution in [0.5, 0.6) is 5.75 Å². The Morgan fingerprint density at radius 2 is 2.05 bits per heavy atom. The van der Waals surface area contributed by atoms with Crippen molar-refractivity contribution in [1.29, 1.82) is 0 Å². The summed E-state index contributed by atoms with van der Waals surface area (Å²) < 4.78 is 10.0. The molecule has 5 nitrogen and oxygen atoms in total. The van der Waals surface area contributed by atoms with Crippen molar-refractivity contribution in [3.63, 3.8) is 0 Å². The van der Waals surface area contributed by atoms with Crippen molar-refractivity contribution < 1.29 is 14.3 Å². The number of carbonyl (C=O) groups is 1. The fourth-order valence-corrected chi connectivity index (χ4v) is 2.35. The van der Waals surface area contributed by atoms with Crippen LogP contribution < -0.4 is 4.74 Å². The summed E-state index contributed by atoms with van der Waals surface area (Å²) in [7, 11) is 2.88. The third-order valence-corrected chi connectivity index (χ3v) is 3.38. The van der Waals surface area contributed by atoms with Gasteiger partial charge in [0.25, 0.3) is 0 Å². The molecule has 0 unspecified atom stereocenters. The van der Waals surface area contributed by atoms with E-state index in [0.717, 1.165) is 22.2 Å². The molecule has 1 aromatic carbocycles. The third-order valence-electron chi connectivity index (χ3n) is 3.38. The quantitative estimate of drug-likeness (QED) is 0.750. The Balaban J connectivity index is 2.15. The SMILES string of the molecule is COC(=O)c1ccc(-c2ccnc3[nH]ccc23)cc1OC. The lowest BCUT2D eigenvalue weighted by Gasteiger charge is -2.10. The highest BCUT2D eigenvalue weighted by Crippen LogP contribution is 2.31. The maximum Gasteiger partial charge on any atom is 0.341 e. The minimum Gasteiger partial charge on any atom is -0.496 e. The number of H-pyrrole nitrogens is 1. The number of hydrogen-bond acceptors (Lipinski definition) is 4. The van der Waals surface area contributed by atoms with E-state index in [1.165, 1.54) is 14.2 Å². The second-order valence-electron chi connectivity index (χ2n) is 4.51. The minimum atomic E-state index is -0.417. The number of carbonyl (C=O) groups excluding carboxylic acids is 1. The standard InChI is InChI=1S/C16H14N2O3/c1-20-14-9-10(3-4-13(14)16(19)21-2)11-5-7-17-15-12(11)6-8-18-15/h3-9H,1-2H3,(H,17,18). The van der Waals surface area contributed by atoms with Gasteiger partial charge in [-0.25, -0.2) is 9.78 Å². The van der Waals surface area contributed by atoms with Crippen LogP contribution in [0.4, 0.5) is 0 Å². The molecular formula is C16H14N2O3. The first-order chi connectivity index (χ1) is 10.2. The lowest BCUT2D eigenvalue weighted by atomic mass is 10.0. The topological polar surface area (TPSA) is 64.2 Å². The van der Waals surface area contributed by atoms with Crippen molar-refractivity contribution in [1.82, 2.24) is 9.97 Å². The zero-order valence-corrected chi connectivity index (χ0v) is 11.7. The van der Waals surface area contributed by atoms with Crippen LogP contribution in [0.25, 0.3) is 22.2 Å². The molecule has 0 fully saturated rings. The van der Waals surface area contributed by atoms with Gasteiger partial charge in [-0.2, -0.15) is 0 Å². The van der Waals surface area contributed by atoms with Crippen molar-refractivity contribution in [3.05, 3.63) is 48.3 Å². The van der Waals surface area contributed by atoms with E-state index < -0.39 is 5.97 Å². The number of nitrogens with zero attached hydrogens (tertiary/aromatic N) is 1. The summed E-state index contributed by atoms with van der Waals surface area (Å²) in [6.45, 7) is 0. The van der Waals surface area contributed by atoms with Crippen molar-refractivity contribution >= 4 is 17.0 Å². The smallest absolute Gasteiger partial charge is 0.341 e. The molecule has 2 heterocycles. The second kappa shape index (κ2) is 5.28. The van der Waals surface area contributed by atoms with Gasteiger partial charge in [-0.1, -0.05) is 6.07 Å². The molecule has 1 N–H and O–H groups in total. The summed E-state index contributed by atoms with van der Waals surface area (Å²) in [5.74, 6) is 0.0692. The number of esters is 1. The molecule has 0 aliphatic carbocycles. The predicted octanol–water partition coefficient (Wildman–Crippen LogP) is 3.03. The average molecular weight is 282 g/mol. The fourth-order valence-electron chi connectivity index (χ4n) is 2.35. The first kappa shape index (κ1) is 13.2. The summed E-state index contributed by atoms with van der Waals surface area (Å²) in [5.41, 5.74) is 3.20. The van der Waals surface area contributed by atoms with E-state index in [4.69, 9.17) is 9.47 Å². The Kier molecular flexibility index (Phi) is 3.31. The largest absolute Gasteiger partial charge is 0.496 e. The Morgan fingerprint density at radius 3 is 2.81 bits per heavy atom. The first-order valence-electron chi connectivity index (χ1n) is 6.43. The molecule has 0 aliphatic heterocycles.